The number of rotatable bonds is 11. The van der Waals surface area contributed by atoms with Gasteiger partial charge in [-0.3, -0.25) is 29.3 Å². The van der Waals surface area contributed by atoms with Crippen LogP contribution in [0.1, 0.15) is 26.7 Å². The highest BCUT2D eigenvalue weighted by atomic mass is 32.2. The van der Waals surface area contributed by atoms with Crippen molar-refractivity contribution in [3.63, 3.8) is 0 Å². The van der Waals surface area contributed by atoms with Crippen molar-refractivity contribution in [3.05, 3.63) is 68.8 Å². The number of nitrogens with zero attached hydrogens (tertiary/aromatic N) is 5. The van der Waals surface area contributed by atoms with Gasteiger partial charge < -0.3 is 4.74 Å². The quantitative estimate of drug-likeness (QED) is 0.186. The van der Waals surface area contributed by atoms with Crippen molar-refractivity contribution >= 4 is 39.2 Å². The van der Waals surface area contributed by atoms with Crippen LogP contribution in [0, 0.1) is 20.2 Å². The molecule has 17 nitrogen and oxygen atoms in total. The van der Waals surface area contributed by atoms with Crippen LogP contribution in [0.15, 0.2) is 58.3 Å². The average molecular weight is 708 g/mol. The highest BCUT2D eigenvalue weighted by Gasteiger charge is 2.38. The van der Waals surface area contributed by atoms with Gasteiger partial charge in [0.05, 0.1) is 23.1 Å². The predicted molar refractivity (Wildman–Crippen MR) is 166 cm³/mol. The zero-order valence-corrected chi connectivity index (χ0v) is 28.0. The van der Waals surface area contributed by atoms with Crippen molar-refractivity contribution in [1.82, 2.24) is 13.3 Å². The first-order valence-corrected chi connectivity index (χ1v) is 18.9. The van der Waals surface area contributed by atoms with Crippen LogP contribution >= 0.6 is 7.75 Å². The molecule has 0 aromatic heterocycles. The first kappa shape index (κ1) is 37.6. The first-order valence-electron chi connectivity index (χ1n) is 14.5. The highest BCUT2D eigenvalue weighted by molar-refractivity contribution is 7.89. The van der Waals surface area contributed by atoms with Gasteiger partial charge >= 0.3 is 7.75 Å². The normalized spacial score (nSPS) is 17.7. The van der Waals surface area contributed by atoms with E-state index in [1.165, 1.54) is 28.9 Å². The molecule has 46 heavy (non-hydrogen) atoms. The molecule has 0 amide bonds. The minimum Gasteiger partial charge on any atom is -0.381 e. The Morgan fingerprint density at radius 2 is 1.11 bits per heavy atom. The molecule has 2 aromatic rings. The second-order valence-corrected chi connectivity index (χ2v) is 15.7. The van der Waals surface area contributed by atoms with Crippen LogP contribution in [0.5, 0.6) is 0 Å². The number of sulfonamides is 2. The van der Waals surface area contributed by atoms with Gasteiger partial charge in [-0.05, 0) is 38.8 Å². The Bertz CT molecular complexity index is 1510. The van der Waals surface area contributed by atoms with Crippen molar-refractivity contribution in [3.8, 4) is 0 Å². The van der Waals surface area contributed by atoms with Gasteiger partial charge in [-0.1, -0.05) is 24.3 Å². The Labute approximate surface area is 268 Å². The van der Waals surface area contributed by atoms with Crippen molar-refractivity contribution in [2.75, 3.05) is 65.7 Å². The van der Waals surface area contributed by atoms with Crippen molar-refractivity contribution in [1.29, 1.82) is 0 Å². The lowest BCUT2D eigenvalue weighted by Gasteiger charge is -2.33. The van der Waals surface area contributed by atoms with Crippen molar-refractivity contribution in [2.24, 2.45) is 0 Å². The predicted octanol–water partition coefficient (Wildman–Crippen LogP) is 3.48. The third kappa shape index (κ3) is 9.14. The van der Waals surface area contributed by atoms with Crippen LogP contribution in [-0.4, -0.2) is 106 Å². The standard InChI is InChI=1S/C26H38N5O12PS2/c1-3-42-44(36,43-4-2)27-17-19-28(45(37,38)25-13-7-5-11-23(25)30(32)33)15-9-21-41-22-10-16-29(20-18-27)46(39,40)26-14-8-6-12-24(26)31(34)35/h5-8,11-14H,3-4,9-10,15-22H2,1-2H3. The molecular formula is C26H38N5O12PS2. The molecule has 3 rings (SSSR count). The van der Waals surface area contributed by atoms with Gasteiger partial charge in [-0.25, -0.2) is 26.1 Å². The van der Waals surface area contributed by atoms with E-state index < -0.39 is 58.8 Å². The van der Waals surface area contributed by atoms with E-state index in [-0.39, 0.29) is 78.5 Å². The molecule has 0 unspecified atom stereocenters. The van der Waals surface area contributed by atoms with Gasteiger partial charge in [0.15, 0.2) is 9.79 Å². The van der Waals surface area contributed by atoms with Crippen LogP contribution in [0.4, 0.5) is 11.4 Å². The molecule has 0 spiro atoms. The summed E-state index contributed by atoms with van der Waals surface area (Å²) < 4.78 is 89.0. The summed E-state index contributed by atoms with van der Waals surface area (Å²) in [6, 6.07) is 9.84. The van der Waals surface area contributed by atoms with Gasteiger partial charge in [-0.15, -0.1) is 0 Å². The Balaban J connectivity index is 2.04. The molecule has 1 aliphatic heterocycles. The highest BCUT2D eigenvalue weighted by Crippen LogP contribution is 2.51. The number of para-hydroxylation sites is 2. The minimum absolute atomic E-state index is 0.0540. The zero-order chi connectivity index (χ0) is 34.0. The minimum atomic E-state index is -4.45. The Morgan fingerprint density at radius 3 is 1.48 bits per heavy atom. The molecule has 0 atom stereocenters. The summed E-state index contributed by atoms with van der Waals surface area (Å²) in [4.78, 5) is 20.7. The van der Waals surface area contributed by atoms with Gasteiger partial charge in [0.2, 0.25) is 20.0 Å². The molecule has 2 aromatic carbocycles. The van der Waals surface area contributed by atoms with E-state index in [0.717, 1.165) is 32.9 Å². The fourth-order valence-corrected chi connectivity index (χ4v) is 9.74. The van der Waals surface area contributed by atoms with Crippen LogP contribution in [-0.2, 0) is 38.4 Å². The Kier molecular flexibility index (Phi) is 13.7. The van der Waals surface area contributed by atoms with E-state index >= 15 is 0 Å². The molecule has 0 saturated carbocycles. The first-order chi connectivity index (χ1) is 21.8. The molecule has 1 saturated heterocycles. The maximum Gasteiger partial charge on any atom is 0.408 e. The zero-order valence-electron chi connectivity index (χ0n) is 25.5. The summed E-state index contributed by atoms with van der Waals surface area (Å²) in [6.45, 7) is 1.82. The summed E-state index contributed by atoms with van der Waals surface area (Å²) in [5.41, 5.74) is -1.22. The van der Waals surface area contributed by atoms with Crippen molar-refractivity contribution in [2.45, 2.75) is 36.5 Å². The number of benzene rings is 2. The summed E-state index contributed by atoms with van der Waals surface area (Å²) >= 11 is 0. The summed E-state index contributed by atoms with van der Waals surface area (Å²) in [5.74, 6) is 0. The number of nitro benzene ring substituents is 2. The molecule has 256 valence electrons. The monoisotopic (exact) mass is 707 g/mol. The molecule has 0 N–H and O–H groups in total. The van der Waals surface area contributed by atoms with Gasteiger partial charge in [0.1, 0.15) is 0 Å². The van der Waals surface area contributed by atoms with E-state index in [0.29, 0.717) is 0 Å². The van der Waals surface area contributed by atoms with Gasteiger partial charge in [0.25, 0.3) is 11.4 Å². The molecular weight excluding hydrogens is 669 g/mol. The van der Waals surface area contributed by atoms with Crippen molar-refractivity contribution < 1.29 is 45.0 Å². The van der Waals surface area contributed by atoms with Gasteiger partial charge in [-0.2, -0.15) is 8.61 Å². The van der Waals surface area contributed by atoms with Crippen LogP contribution in [0.25, 0.3) is 0 Å². The molecule has 0 radical (unpaired) electrons. The number of ether oxygens (including phenoxy) is 1. The average Bonchev–Trinajstić information content (AvgIpc) is 3.01. The van der Waals surface area contributed by atoms with Gasteiger partial charge in [0, 0.05) is 64.6 Å². The summed E-state index contributed by atoms with van der Waals surface area (Å²) in [5, 5.41) is 23.3. The summed E-state index contributed by atoms with van der Waals surface area (Å²) in [7, 11) is -13.0. The molecule has 1 fully saturated rings. The Hall–Kier alpha value is -2.87. The fourth-order valence-electron chi connectivity index (χ4n) is 4.76. The Morgan fingerprint density at radius 1 is 0.717 bits per heavy atom. The van der Waals surface area contributed by atoms with Crippen LogP contribution in [0.2, 0.25) is 0 Å². The lowest BCUT2D eigenvalue weighted by atomic mass is 10.3. The largest absolute Gasteiger partial charge is 0.408 e. The number of hydrogen-bond acceptors (Lipinski definition) is 12. The number of nitro groups is 2. The second-order valence-electron chi connectivity index (χ2n) is 9.84. The molecule has 1 aliphatic rings. The number of hydrogen-bond donors (Lipinski definition) is 0. The second kappa shape index (κ2) is 16.8. The van der Waals surface area contributed by atoms with E-state index in [2.05, 4.69) is 0 Å². The van der Waals surface area contributed by atoms with E-state index in [1.807, 2.05) is 0 Å². The topological polar surface area (TPSA) is 209 Å². The fraction of sp³-hybridized carbons (Fsp3) is 0.538. The molecule has 1 heterocycles. The maximum atomic E-state index is 14.0. The van der Waals surface area contributed by atoms with E-state index in [1.54, 1.807) is 13.8 Å². The summed E-state index contributed by atoms with van der Waals surface area (Å²) in [6.07, 6.45) is 0.374. The van der Waals surface area contributed by atoms with Crippen LogP contribution in [0.3, 0.4) is 0 Å². The molecule has 20 heteroatoms. The molecule has 0 aliphatic carbocycles. The SMILES string of the molecule is CCOP(=O)(OCC)N1CCN(S(=O)(=O)c2ccccc2[N+](=O)[O-])CCCOCCCN(S(=O)(=O)c2ccccc2[N+](=O)[O-])CC1. The van der Waals surface area contributed by atoms with Crippen LogP contribution < -0.4 is 0 Å². The lowest BCUT2D eigenvalue weighted by molar-refractivity contribution is -0.388. The lowest BCUT2D eigenvalue weighted by Crippen LogP contribution is -2.43. The van der Waals surface area contributed by atoms with E-state index in [4.69, 9.17) is 13.8 Å². The maximum absolute atomic E-state index is 14.0. The smallest absolute Gasteiger partial charge is 0.381 e. The third-order valence-corrected chi connectivity index (χ3v) is 13.1. The molecule has 0 bridgehead atoms. The van der Waals surface area contributed by atoms with E-state index in [9.17, 15) is 41.6 Å². The third-order valence-electron chi connectivity index (χ3n) is 6.90.